The number of benzene rings is 3. The fraction of sp³-hybridized carbons (Fsp3) is 0.294. The Bertz CT molecular complexity index is 1740. The number of nitrogens with one attached hydrogen (secondary N) is 1. The van der Waals surface area contributed by atoms with Crippen molar-refractivity contribution < 1.29 is 34.2 Å². The molecule has 44 heavy (non-hydrogen) atoms. The fourth-order valence-corrected chi connectivity index (χ4v) is 7.97. The smallest absolute Gasteiger partial charge is 0.260 e. The molecule has 6 atom stereocenters. The maximum atomic E-state index is 15.0. The van der Waals surface area contributed by atoms with Crippen molar-refractivity contribution in [3.63, 3.8) is 0 Å². The fourth-order valence-electron chi connectivity index (χ4n) is 7.97. The number of aromatic hydroxyl groups is 1. The summed E-state index contributed by atoms with van der Waals surface area (Å²) in [7, 11) is 1.50. The highest BCUT2D eigenvalue weighted by molar-refractivity contribution is 6.13. The van der Waals surface area contributed by atoms with E-state index in [0.29, 0.717) is 28.1 Å². The highest BCUT2D eigenvalue weighted by atomic mass is 16.5. The Morgan fingerprint density at radius 1 is 0.909 bits per heavy atom. The van der Waals surface area contributed by atoms with Crippen LogP contribution >= 0.6 is 0 Å². The zero-order valence-corrected chi connectivity index (χ0v) is 24.1. The quantitative estimate of drug-likeness (QED) is 0.229. The lowest BCUT2D eigenvalue weighted by atomic mass is 9.49. The Hall–Kier alpha value is -4.96. The van der Waals surface area contributed by atoms with E-state index in [9.17, 15) is 29.5 Å². The van der Waals surface area contributed by atoms with E-state index >= 15 is 0 Å². The van der Waals surface area contributed by atoms with Crippen molar-refractivity contribution in [2.45, 2.75) is 31.1 Å². The zero-order valence-electron chi connectivity index (χ0n) is 24.1. The van der Waals surface area contributed by atoms with Crippen LogP contribution in [-0.4, -0.2) is 51.1 Å². The molecule has 4 aliphatic rings. The van der Waals surface area contributed by atoms with Crippen LogP contribution in [0, 0.1) is 30.6 Å². The molecule has 3 aromatic rings. The molecule has 2 aliphatic heterocycles. The number of nitrogens with zero attached hydrogens (tertiary/aromatic N) is 2. The number of hydrogen-bond acceptors (Lipinski definition) is 8. The molecular weight excluding hydrogens is 562 g/mol. The van der Waals surface area contributed by atoms with Crippen molar-refractivity contribution in [1.82, 2.24) is 10.1 Å². The first-order valence-corrected chi connectivity index (χ1v) is 14.6. The molecule has 0 bridgehead atoms. The lowest BCUT2D eigenvalue weighted by Gasteiger charge is -2.50. The molecule has 10 nitrogen and oxygen atoms in total. The minimum Gasteiger partial charge on any atom is -0.508 e. The second kappa shape index (κ2) is 10.1. The normalized spacial score (nSPS) is 29.2. The van der Waals surface area contributed by atoms with Crippen LogP contribution in [0.5, 0.6) is 11.5 Å². The van der Waals surface area contributed by atoms with E-state index in [4.69, 9.17) is 4.74 Å². The highest BCUT2D eigenvalue weighted by Crippen LogP contribution is 2.65. The van der Waals surface area contributed by atoms with E-state index in [2.05, 4.69) is 5.43 Å². The first-order valence-electron chi connectivity index (χ1n) is 14.6. The van der Waals surface area contributed by atoms with Crippen LogP contribution in [0.2, 0.25) is 0 Å². The summed E-state index contributed by atoms with van der Waals surface area (Å²) in [6.07, 6.45) is 2.11. The number of carbonyl (C=O) groups is 4. The second-order valence-corrected chi connectivity index (χ2v) is 12.0. The van der Waals surface area contributed by atoms with E-state index in [1.165, 1.54) is 13.2 Å². The van der Waals surface area contributed by atoms with Crippen molar-refractivity contribution in [3.8, 4) is 11.5 Å². The van der Waals surface area contributed by atoms with Gasteiger partial charge in [-0.1, -0.05) is 59.7 Å². The number of hydroxylamine groups is 2. The van der Waals surface area contributed by atoms with E-state index in [1.807, 2.05) is 43.3 Å². The lowest BCUT2D eigenvalue weighted by Crippen LogP contribution is -2.53. The summed E-state index contributed by atoms with van der Waals surface area (Å²) < 4.78 is 5.52. The Kier molecular flexibility index (Phi) is 6.36. The number of methoxy groups -OCH3 is 1. The molecular formula is C34H31N3O7. The third-order valence-electron chi connectivity index (χ3n) is 9.92. The molecule has 1 saturated carbocycles. The number of rotatable bonds is 5. The van der Waals surface area contributed by atoms with Gasteiger partial charge >= 0.3 is 0 Å². The van der Waals surface area contributed by atoms with Crippen molar-refractivity contribution in [3.05, 3.63) is 101 Å². The Morgan fingerprint density at radius 3 is 2.34 bits per heavy atom. The number of phenolic OH excluding ortho intramolecular Hbond substituents is 1. The van der Waals surface area contributed by atoms with Crippen LogP contribution in [0.4, 0.5) is 5.69 Å². The van der Waals surface area contributed by atoms with Gasteiger partial charge in [0.1, 0.15) is 11.5 Å². The summed E-state index contributed by atoms with van der Waals surface area (Å²) in [6, 6.07) is 21.1. The van der Waals surface area contributed by atoms with Gasteiger partial charge in [0, 0.05) is 11.5 Å². The van der Waals surface area contributed by atoms with Crippen molar-refractivity contribution in [2.24, 2.45) is 23.7 Å². The number of ether oxygens (including phenoxy) is 1. The van der Waals surface area contributed by atoms with Gasteiger partial charge < -0.3 is 9.84 Å². The monoisotopic (exact) mass is 593 g/mol. The van der Waals surface area contributed by atoms with Gasteiger partial charge in [-0.3, -0.25) is 29.8 Å². The van der Waals surface area contributed by atoms with Crippen LogP contribution in [0.15, 0.2) is 84.4 Å². The van der Waals surface area contributed by atoms with Gasteiger partial charge in [-0.25, -0.2) is 0 Å². The first-order chi connectivity index (χ1) is 21.2. The molecule has 10 heteroatoms. The van der Waals surface area contributed by atoms with Gasteiger partial charge in [0.2, 0.25) is 0 Å². The second-order valence-electron chi connectivity index (χ2n) is 12.0. The molecule has 4 amide bonds. The summed E-state index contributed by atoms with van der Waals surface area (Å²) >= 11 is 0. The molecule has 2 heterocycles. The van der Waals surface area contributed by atoms with Crippen LogP contribution < -0.4 is 10.2 Å². The van der Waals surface area contributed by atoms with E-state index in [0.717, 1.165) is 10.6 Å². The largest absolute Gasteiger partial charge is 0.508 e. The number of carbonyl (C=O) groups excluding carboxylic acids is 4. The summed E-state index contributed by atoms with van der Waals surface area (Å²) in [4.78, 5) is 55.7. The molecule has 6 unspecified atom stereocenters. The number of allylic oxidation sites excluding steroid dienone is 2. The topological polar surface area (TPSA) is 136 Å². The molecule has 0 aromatic heterocycles. The van der Waals surface area contributed by atoms with E-state index in [1.54, 1.807) is 36.4 Å². The molecule has 7 rings (SSSR count). The highest BCUT2D eigenvalue weighted by Gasteiger charge is 2.70. The molecule has 0 spiro atoms. The first kappa shape index (κ1) is 27.8. The summed E-state index contributed by atoms with van der Waals surface area (Å²) in [5.41, 5.74) is 4.70. The van der Waals surface area contributed by atoms with Crippen LogP contribution in [0.3, 0.4) is 0 Å². The molecule has 224 valence electrons. The van der Waals surface area contributed by atoms with Gasteiger partial charge in [-0.2, -0.15) is 10.1 Å². The summed E-state index contributed by atoms with van der Waals surface area (Å²) in [6.45, 7) is 1.94. The minimum atomic E-state index is -1.51. The van der Waals surface area contributed by atoms with Gasteiger partial charge in [0.25, 0.3) is 23.6 Å². The van der Waals surface area contributed by atoms with Crippen molar-refractivity contribution >= 4 is 29.3 Å². The predicted octanol–water partition coefficient (Wildman–Crippen LogP) is 4.08. The summed E-state index contributed by atoms with van der Waals surface area (Å²) in [5, 5.41) is 23.0. The molecule has 3 N–H and O–H groups in total. The van der Waals surface area contributed by atoms with Crippen molar-refractivity contribution in [2.75, 3.05) is 12.5 Å². The van der Waals surface area contributed by atoms with Gasteiger partial charge in [0.05, 0.1) is 36.0 Å². The average Bonchev–Trinajstić information content (AvgIpc) is 3.39. The number of aryl methyl sites for hydroxylation is 1. The Labute approximate surface area is 253 Å². The Morgan fingerprint density at radius 2 is 1.64 bits per heavy atom. The predicted molar refractivity (Wildman–Crippen MR) is 157 cm³/mol. The SMILES string of the molecule is COc1ccc(O)c(C2C3=CCC4C(=O)N(O)C(=O)C4C3CC3C(=O)N(Nc4ccc(C)cc4)C(=O)C32c2ccccc2)c1. The van der Waals surface area contributed by atoms with E-state index in [-0.39, 0.29) is 23.7 Å². The standard InChI is InChI=1S/C34H31N3O7/c1-18-8-10-20(11-9-18)35-36-31(40)26-17-24-22(13-14-23-28(24)32(41)37(43)30(23)39)29(25-16-21(44-2)12-15-27(25)38)34(26,33(36)42)19-6-4-3-5-7-19/h3-13,15-16,23-24,26,28-29,35,38,43H,14,17H2,1-2H3. The molecule has 3 aromatic carbocycles. The van der Waals surface area contributed by atoms with Crippen LogP contribution in [-0.2, 0) is 24.6 Å². The van der Waals surface area contributed by atoms with Crippen LogP contribution in [0.1, 0.15) is 35.4 Å². The van der Waals surface area contributed by atoms with Crippen LogP contribution in [0.25, 0.3) is 0 Å². The van der Waals surface area contributed by atoms with Crippen molar-refractivity contribution in [1.29, 1.82) is 0 Å². The molecule has 3 fully saturated rings. The number of imide groups is 2. The maximum absolute atomic E-state index is 15.0. The number of amides is 4. The molecule has 0 radical (unpaired) electrons. The maximum Gasteiger partial charge on any atom is 0.260 e. The Balaban J connectivity index is 1.48. The molecule has 2 saturated heterocycles. The number of phenols is 1. The number of hydrazine groups is 1. The third kappa shape index (κ3) is 3.77. The van der Waals surface area contributed by atoms with E-state index < -0.39 is 58.6 Å². The zero-order chi connectivity index (χ0) is 30.9. The third-order valence-corrected chi connectivity index (χ3v) is 9.92. The lowest BCUT2D eigenvalue weighted by molar-refractivity contribution is -0.173. The number of hydrogen-bond donors (Lipinski definition) is 3. The average molecular weight is 594 g/mol. The minimum absolute atomic E-state index is 0.0899. The summed E-state index contributed by atoms with van der Waals surface area (Å²) in [5.74, 6) is -6.23. The van der Waals surface area contributed by atoms with Gasteiger partial charge in [-0.15, -0.1) is 0 Å². The van der Waals surface area contributed by atoms with Gasteiger partial charge in [0.15, 0.2) is 0 Å². The number of anilines is 1. The molecule has 2 aliphatic carbocycles. The van der Waals surface area contributed by atoms with Gasteiger partial charge in [-0.05, 0) is 61.6 Å². The number of fused-ring (bicyclic) bond motifs is 4.